The molecular weight excluding hydrogens is 220 g/mol. The van der Waals surface area contributed by atoms with Crippen LogP contribution < -0.4 is 5.32 Å². The Labute approximate surface area is 102 Å². The number of nitrogens with zero attached hydrogens (tertiary/aromatic N) is 1. The zero-order chi connectivity index (χ0) is 13.3. The summed E-state index contributed by atoms with van der Waals surface area (Å²) in [5.74, 6) is -0.222. The Morgan fingerprint density at radius 1 is 1.35 bits per heavy atom. The summed E-state index contributed by atoms with van der Waals surface area (Å²) < 4.78 is 5.58. The van der Waals surface area contributed by atoms with Gasteiger partial charge in [0.1, 0.15) is 5.54 Å². The highest BCUT2D eigenvalue weighted by atomic mass is 16.5. The first kappa shape index (κ1) is 14.0. The molecule has 3 amide bonds. The van der Waals surface area contributed by atoms with Gasteiger partial charge in [0.15, 0.2) is 0 Å². The monoisotopic (exact) mass is 242 g/mol. The van der Waals surface area contributed by atoms with Crippen LogP contribution >= 0.6 is 0 Å². The molecule has 5 nitrogen and oxygen atoms in total. The van der Waals surface area contributed by atoms with Gasteiger partial charge in [-0.2, -0.15) is 0 Å². The summed E-state index contributed by atoms with van der Waals surface area (Å²) in [6, 6.07) is -0.322. The van der Waals surface area contributed by atoms with E-state index in [2.05, 4.69) is 5.32 Å². The third-order valence-electron chi connectivity index (χ3n) is 3.09. The molecule has 1 fully saturated rings. The van der Waals surface area contributed by atoms with E-state index in [-0.39, 0.29) is 17.5 Å². The molecule has 98 valence electrons. The predicted molar refractivity (Wildman–Crippen MR) is 64.6 cm³/mol. The molecule has 0 radical (unpaired) electrons. The second-order valence-electron chi connectivity index (χ2n) is 5.50. The van der Waals surface area contributed by atoms with Crippen LogP contribution in [-0.2, 0) is 9.53 Å². The van der Waals surface area contributed by atoms with Gasteiger partial charge in [0, 0.05) is 6.54 Å². The van der Waals surface area contributed by atoms with Gasteiger partial charge in [0.25, 0.3) is 5.91 Å². The van der Waals surface area contributed by atoms with Crippen LogP contribution in [0.25, 0.3) is 0 Å². The maximum atomic E-state index is 11.7. The molecule has 1 unspecified atom stereocenters. The Morgan fingerprint density at radius 3 is 2.41 bits per heavy atom. The number of urea groups is 1. The average Bonchev–Trinajstić information content (AvgIpc) is 2.40. The molecule has 1 saturated heterocycles. The highest BCUT2D eigenvalue weighted by Gasteiger charge is 2.47. The van der Waals surface area contributed by atoms with Crippen LogP contribution in [0.2, 0.25) is 0 Å². The van der Waals surface area contributed by atoms with Crippen molar-refractivity contribution >= 4 is 11.9 Å². The van der Waals surface area contributed by atoms with E-state index in [9.17, 15) is 9.59 Å². The Morgan fingerprint density at radius 2 is 1.94 bits per heavy atom. The van der Waals surface area contributed by atoms with Crippen LogP contribution in [0, 0.1) is 0 Å². The Kier molecular flexibility index (Phi) is 3.81. The smallest absolute Gasteiger partial charge is 0.325 e. The molecule has 1 N–H and O–H groups in total. The molecule has 1 atom stereocenters. The van der Waals surface area contributed by atoms with Gasteiger partial charge in [-0.3, -0.25) is 10.1 Å². The fourth-order valence-electron chi connectivity index (χ4n) is 1.79. The molecule has 17 heavy (non-hydrogen) atoms. The quantitative estimate of drug-likeness (QED) is 0.760. The van der Waals surface area contributed by atoms with Crippen molar-refractivity contribution in [1.82, 2.24) is 10.2 Å². The molecule has 5 heteroatoms. The molecule has 0 aromatic heterocycles. The van der Waals surface area contributed by atoms with Crippen LogP contribution in [0.3, 0.4) is 0 Å². The number of carbonyl (C=O) groups excluding carboxylic acids is 2. The Balaban J connectivity index is 2.63. The van der Waals surface area contributed by atoms with Crippen LogP contribution in [0.1, 0.15) is 41.0 Å². The van der Waals surface area contributed by atoms with Crippen molar-refractivity contribution < 1.29 is 14.3 Å². The average molecular weight is 242 g/mol. The van der Waals surface area contributed by atoms with E-state index >= 15 is 0 Å². The number of amides is 3. The second-order valence-corrected chi connectivity index (χ2v) is 5.50. The molecule has 1 aliphatic rings. The van der Waals surface area contributed by atoms with E-state index in [1.165, 1.54) is 0 Å². The fourth-order valence-corrected chi connectivity index (χ4v) is 1.79. The summed E-state index contributed by atoms with van der Waals surface area (Å²) in [6.07, 6.45) is 0.597. The normalized spacial score (nSPS) is 25.4. The first-order chi connectivity index (χ1) is 7.70. The van der Waals surface area contributed by atoms with Crippen molar-refractivity contribution in [3.63, 3.8) is 0 Å². The minimum Gasteiger partial charge on any atom is -0.374 e. The lowest BCUT2D eigenvalue weighted by molar-refractivity contribution is -0.126. The standard InChI is InChI=1S/C12H22N2O3/c1-6-12(5)9(15)13-10(16)14(12)7-8-17-11(2,3)4/h6-8H2,1-5H3,(H,13,15,16). The zero-order valence-electron chi connectivity index (χ0n) is 11.3. The number of ether oxygens (including phenoxy) is 1. The molecule has 0 spiro atoms. The number of carbonyl (C=O) groups is 2. The maximum absolute atomic E-state index is 11.7. The number of hydrogen-bond acceptors (Lipinski definition) is 3. The first-order valence-corrected chi connectivity index (χ1v) is 5.98. The first-order valence-electron chi connectivity index (χ1n) is 5.98. The van der Waals surface area contributed by atoms with E-state index in [1.54, 1.807) is 11.8 Å². The van der Waals surface area contributed by atoms with Crippen molar-refractivity contribution in [2.75, 3.05) is 13.2 Å². The fraction of sp³-hybridized carbons (Fsp3) is 0.833. The summed E-state index contributed by atoms with van der Waals surface area (Å²) in [5, 5.41) is 2.35. The topological polar surface area (TPSA) is 58.6 Å². The number of rotatable bonds is 4. The largest absolute Gasteiger partial charge is 0.374 e. The van der Waals surface area contributed by atoms with Crippen LogP contribution in [0.5, 0.6) is 0 Å². The van der Waals surface area contributed by atoms with Crippen LogP contribution in [0.4, 0.5) is 4.79 Å². The van der Waals surface area contributed by atoms with E-state index in [4.69, 9.17) is 4.74 Å². The summed E-state index contributed by atoms with van der Waals surface area (Å²) in [4.78, 5) is 24.9. The Bertz CT molecular complexity index is 322. The van der Waals surface area contributed by atoms with Crippen molar-refractivity contribution in [1.29, 1.82) is 0 Å². The van der Waals surface area contributed by atoms with E-state index in [0.717, 1.165) is 0 Å². The molecular formula is C12H22N2O3. The lowest BCUT2D eigenvalue weighted by atomic mass is 9.97. The molecule has 1 aliphatic heterocycles. The van der Waals surface area contributed by atoms with Gasteiger partial charge >= 0.3 is 6.03 Å². The highest BCUT2D eigenvalue weighted by Crippen LogP contribution is 2.24. The lowest BCUT2D eigenvalue weighted by Crippen LogP contribution is -2.48. The molecule has 0 bridgehead atoms. The highest BCUT2D eigenvalue weighted by molar-refractivity contribution is 6.06. The van der Waals surface area contributed by atoms with Gasteiger partial charge in [-0.05, 0) is 34.1 Å². The van der Waals surface area contributed by atoms with E-state index in [1.807, 2.05) is 27.7 Å². The van der Waals surface area contributed by atoms with Gasteiger partial charge in [0.05, 0.1) is 12.2 Å². The van der Waals surface area contributed by atoms with Crippen LogP contribution in [-0.4, -0.2) is 41.1 Å². The van der Waals surface area contributed by atoms with Crippen molar-refractivity contribution in [2.45, 2.75) is 52.2 Å². The summed E-state index contributed by atoms with van der Waals surface area (Å²) >= 11 is 0. The summed E-state index contributed by atoms with van der Waals surface area (Å²) in [7, 11) is 0. The number of hydrogen-bond donors (Lipinski definition) is 1. The molecule has 0 aromatic carbocycles. The zero-order valence-corrected chi connectivity index (χ0v) is 11.3. The van der Waals surface area contributed by atoms with E-state index < -0.39 is 5.54 Å². The molecule has 0 aromatic rings. The van der Waals surface area contributed by atoms with Crippen molar-refractivity contribution in [2.24, 2.45) is 0 Å². The van der Waals surface area contributed by atoms with E-state index in [0.29, 0.717) is 19.6 Å². The number of nitrogens with one attached hydrogen (secondary N) is 1. The van der Waals surface area contributed by atoms with Gasteiger partial charge < -0.3 is 9.64 Å². The predicted octanol–water partition coefficient (Wildman–Crippen LogP) is 1.52. The SMILES string of the molecule is CCC1(C)C(=O)NC(=O)N1CCOC(C)(C)C. The lowest BCUT2D eigenvalue weighted by Gasteiger charge is -2.31. The third kappa shape index (κ3) is 2.97. The third-order valence-corrected chi connectivity index (χ3v) is 3.09. The molecule has 0 saturated carbocycles. The minimum absolute atomic E-state index is 0.222. The molecule has 0 aliphatic carbocycles. The molecule has 1 heterocycles. The van der Waals surface area contributed by atoms with Crippen molar-refractivity contribution in [3.8, 4) is 0 Å². The van der Waals surface area contributed by atoms with Crippen molar-refractivity contribution in [3.05, 3.63) is 0 Å². The second kappa shape index (κ2) is 4.64. The maximum Gasteiger partial charge on any atom is 0.325 e. The molecule has 1 rings (SSSR count). The Hall–Kier alpha value is -1.10. The summed E-state index contributed by atoms with van der Waals surface area (Å²) in [5.41, 5.74) is -0.971. The number of imide groups is 1. The van der Waals surface area contributed by atoms with Gasteiger partial charge in [-0.25, -0.2) is 4.79 Å². The van der Waals surface area contributed by atoms with Gasteiger partial charge in [-0.15, -0.1) is 0 Å². The summed E-state index contributed by atoms with van der Waals surface area (Å²) in [6.45, 7) is 10.4. The van der Waals surface area contributed by atoms with Gasteiger partial charge in [0.2, 0.25) is 0 Å². The van der Waals surface area contributed by atoms with Crippen LogP contribution in [0.15, 0.2) is 0 Å². The minimum atomic E-state index is -0.738. The van der Waals surface area contributed by atoms with Gasteiger partial charge in [-0.1, -0.05) is 6.92 Å².